The maximum Gasteiger partial charge on any atom is 0.148 e. The minimum Gasteiger partial charge on any atom is -0.378 e. The van der Waals surface area contributed by atoms with Crippen molar-refractivity contribution < 1.29 is 0 Å². The molecule has 1 aromatic rings. The van der Waals surface area contributed by atoms with E-state index in [1.807, 2.05) is 11.7 Å². The highest BCUT2D eigenvalue weighted by atomic mass is 15.4. The van der Waals surface area contributed by atoms with Crippen molar-refractivity contribution in [3.8, 4) is 0 Å². The molecular weight excluding hydrogens is 188 g/mol. The van der Waals surface area contributed by atoms with Crippen molar-refractivity contribution in [3.05, 3.63) is 5.69 Å². The molecule has 0 fully saturated rings. The smallest absolute Gasteiger partial charge is 0.148 e. The molecule has 2 N–H and O–H groups in total. The molecule has 1 aliphatic rings. The fourth-order valence-electron chi connectivity index (χ4n) is 1.98. The molecular formula is C11H20N4. The lowest BCUT2D eigenvalue weighted by atomic mass is 9.96. The highest BCUT2D eigenvalue weighted by Crippen LogP contribution is 2.33. The summed E-state index contributed by atoms with van der Waals surface area (Å²) in [5, 5.41) is 11.6. The van der Waals surface area contributed by atoms with E-state index < -0.39 is 0 Å². The summed E-state index contributed by atoms with van der Waals surface area (Å²) in [5.74, 6) is 1.13. The zero-order valence-electron chi connectivity index (χ0n) is 10.0. The number of hydrogen-bond acceptors (Lipinski definition) is 3. The summed E-state index contributed by atoms with van der Waals surface area (Å²) < 4.78 is 1.94. The molecule has 1 unspecified atom stereocenters. The van der Waals surface area contributed by atoms with E-state index in [0.717, 1.165) is 30.9 Å². The molecule has 0 spiro atoms. The van der Waals surface area contributed by atoms with Crippen molar-refractivity contribution in [2.75, 3.05) is 17.2 Å². The molecule has 84 valence electrons. The van der Waals surface area contributed by atoms with Crippen molar-refractivity contribution in [2.24, 2.45) is 7.05 Å². The van der Waals surface area contributed by atoms with Gasteiger partial charge in [0.15, 0.2) is 0 Å². The number of anilines is 2. The van der Waals surface area contributed by atoms with Gasteiger partial charge in [-0.15, -0.1) is 0 Å². The third-order valence-electron chi connectivity index (χ3n) is 3.31. The van der Waals surface area contributed by atoms with Gasteiger partial charge in [0.05, 0.1) is 11.2 Å². The Bertz CT molecular complexity index is 369. The van der Waals surface area contributed by atoms with Crippen LogP contribution in [0.3, 0.4) is 0 Å². The second kappa shape index (κ2) is 3.43. The van der Waals surface area contributed by atoms with Crippen LogP contribution in [0.4, 0.5) is 11.5 Å². The average Bonchev–Trinajstić information content (AvgIpc) is 2.55. The highest BCUT2D eigenvalue weighted by molar-refractivity contribution is 5.71. The summed E-state index contributed by atoms with van der Waals surface area (Å²) in [6.45, 7) is 7.55. The standard InChI is InChI=1S/C11H20N4/c1-5-8-9-10(15(4)14-8)13-11(3,6-2)7-12-9/h12-13H,5-7H2,1-4H3. The molecule has 0 aromatic carbocycles. The molecule has 0 saturated carbocycles. The van der Waals surface area contributed by atoms with E-state index in [2.05, 4.69) is 36.5 Å². The van der Waals surface area contributed by atoms with Crippen LogP contribution in [-0.2, 0) is 13.5 Å². The monoisotopic (exact) mass is 208 g/mol. The van der Waals surface area contributed by atoms with Gasteiger partial charge < -0.3 is 10.6 Å². The van der Waals surface area contributed by atoms with Crippen LogP contribution in [0.1, 0.15) is 32.9 Å². The first kappa shape index (κ1) is 10.3. The number of aromatic nitrogens is 2. The van der Waals surface area contributed by atoms with Gasteiger partial charge in [0.1, 0.15) is 11.5 Å². The molecule has 0 aliphatic carbocycles. The lowest BCUT2D eigenvalue weighted by Gasteiger charge is -2.35. The minimum atomic E-state index is 0.145. The van der Waals surface area contributed by atoms with Crippen LogP contribution in [-0.4, -0.2) is 21.9 Å². The number of nitrogens with zero attached hydrogens (tertiary/aromatic N) is 2. The molecule has 1 atom stereocenters. The lowest BCUT2D eigenvalue weighted by Crippen LogP contribution is -2.45. The number of hydrogen-bond donors (Lipinski definition) is 2. The summed E-state index contributed by atoms with van der Waals surface area (Å²) in [6.07, 6.45) is 2.08. The van der Waals surface area contributed by atoms with Crippen molar-refractivity contribution in [1.82, 2.24) is 9.78 Å². The third kappa shape index (κ3) is 1.58. The molecule has 4 nitrogen and oxygen atoms in total. The van der Waals surface area contributed by atoms with Crippen LogP contribution in [0.15, 0.2) is 0 Å². The van der Waals surface area contributed by atoms with E-state index in [9.17, 15) is 0 Å². The minimum absolute atomic E-state index is 0.145. The molecule has 1 aliphatic heterocycles. The van der Waals surface area contributed by atoms with Crippen LogP contribution in [0.5, 0.6) is 0 Å². The Balaban J connectivity index is 2.38. The molecule has 15 heavy (non-hydrogen) atoms. The Morgan fingerprint density at radius 1 is 1.47 bits per heavy atom. The van der Waals surface area contributed by atoms with Crippen LogP contribution >= 0.6 is 0 Å². The summed E-state index contributed by atoms with van der Waals surface area (Å²) >= 11 is 0. The van der Waals surface area contributed by atoms with Crippen molar-refractivity contribution in [3.63, 3.8) is 0 Å². The van der Waals surface area contributed by atoms with Crippen molar-refractivity contribution >= 4 is 11.5 Å². The van der Waals surface area contributed by atoms with Gasteiger partial charge in [-0.2, -0.15) is 5.10 Å². The first-order valence-electron chi connectivity index (χ1n) is 5.67. The number of rotatable bonds is 2. The van der Waals surface area contributed by atoms with E-state index in [4.69, 9.17) is 0 Å². The molecule has 0 bridgehead atoms. The maximum atomic E-state index is 4.50. The van der Waals surface area contributed by atoms with E-state index in [-0.39, 0.29) is 5.54 Å². The maximum absolute atomic E-state index is 4.50. The molecule has 0 amide bonds. The summed E-state index contributed by atoms with van der Waals surface area (Å²) in [6, 6.07) is 0. The Kier molecular flexibility index (Phi) is 2.37. The summed E-state index contributed by atoms with van der Waals surface area (Å²) in [5.41, 5.74) is 2.48. The zero-order valence-corrected chi connectivity index (χ0v) is 10.0. The second-order valence-corrected chi connectivity index (χ2v) is 4.54. The van der Waals surface area contributed by atoms with Crippen LogP contribution < -0.4 is 10.6 Å². The fraction of sp³-hybridized carbons (Fsp3) is 0.727. The molecule has 1 aromatic heterocycles. The normalized spacial score (nSPS) is 24.3. The molecule has 0 saturated heterocycles. The van der Waals surface area contributed by atoms with Crippen LogP contribution in [0.2, 0.25) is 0 Å². The number of aryl methyl sites for hydroxylation is 2. The van der Waals surface area contributed by atoms with Gasteiger partial charge in [-0.3, -0.25) is 4.68 Å². The Morgan fingerprint density at radius 3 is 2.80 bits per heavy atom. The lowest BCUT2D eigenvalue weighted by molar-refractivity contribution is 0.506. The van der Waals surface area contributed by atoms with Crippen LogP contribution in [0.25, 0.3) is 0 Å². The van der Waals surface area contributed by atoms with Gasteiger partial charge in [-0.05, 0) is 19.8 Å². The summed E-state index contributed by atoms with van der Waals surface area (Å²) in [4.78, 5) is 0. The topological polar surface area (TPSA) is 41.9 Å². The van der Waals surface area contributed by atoms with Gasteiger partial charge in [0.25, 0.3) is 0 Å². The van der Waals surface area contributed by atoms with Gasteiger partial charge in [0.2, 0.25) is 0 Å². The Morgan fingerprint density at radius 2 is 2.20 bits per heavy atom. The quantitative estimate of drug-likeness (QED) is 0.781. The largest absolute Gasteiger partial charge is 0.378 e. The van der Waals surface area contributed by atoms with Crippen LogP contribution in [0, 0.1) is 0 Å². The van der Waals surface area contributed by atoms with Gasteiger partial charge in [-0.1, -0.05) is 13.8 Å². The molecule has 2 rings (SSSR count). The third-order valence-corrected chi connectivity index (χ3v) is 3.31. The zero-order chi connectivity index (χ0) is 11.1. The van der Waals surface area contributed by atoms with Crippen molar-refractivity contribution in [1.29, 1.82) is 0 Å². The second-order valence-electron chi connectivity index (χ2n) is 4.54. The Hall–Kier alpha value is -1.19. The first-order valence-corrected chi connectivity index (χ1v) is 5.67. The summed E-state index contributed by atoms with van der Waals surface area (Å²) in [7, 11) is 1.99. The van der Waals surface area contributed by atoms with Gasteiger partial charge in [-0.25, -0.2) is 0 Å². The predicted octanol–water partition coefficient (Wildman–Crippen LogP) is 1.99. The number of fused-ring (bicyclic) bond motifs is 1. The first-order chi connectivity index (χ1) is 7.09. The molecule has 0 radical (unpaired) electrons. The van der Waals surface area contributed by atoms with E-state index >= 15 is 0 Å². The molecule has 2 heterocycles. The predicted molar refractivity (Wildman–Crippen MR) is 63.4 cm³/mol. The van der Waals surface area contributed by atoms with E-state index in [0.29, 0.717) is 0 Å². The van der Waals surface area contributed by atoms with E-state index in [1.54, 1.807) is 0 Å². The van der Waals surface area contributed by atoms with Crippen molar-refractivity contribution in [2.45, 2.75) is 39.2 Å². The average molecular weight is 208 g/mol. The Labute approximate surface area is 91.1 Å². The van der Waals surface area contributed by atoms with Gasteiger partial charge >= 0.3 is 0 Å². The highest BCUT2D eigenvalue weighted by Gasteiger charge is 2.30. The number of nitrogens with one attached hydrogen (secondary N) is 2. The molecule has 4 heteroatoms. The van der Waals surface area contributed by atoms with E-state index in [1.165, 1.54) is 5.69 Å². The SMILES string of the molecule is CCc1nn(C)c2c1NCC(C)(CC)N2. The van der Waals surface area contributed by atoms with Gasteiger partial charge in [0, 0.05) is 13.6 Å². The fourth-order valence-corrected chi connectivity index (χ4v) is 1.98.